The minimum absolute atomic E-state index is 0.118. The van der Waals surface area contributed by atoms with E-state index >= 15 is 0 Å². The van der Waals surface area contributed by atoms with Crippen LogP contribution in [0.15, 0.2) is 12.2 Å². The van der Waals surface area contributed by atoms with E-state index in [4.69, 9.17) is 5.11 Å². The number of imide groups is 1. The first-order valence-electron chi connectivity index (χ1n) is 4.77. The van der Waals surface area contributed by atoms with Gasteiger partial charge in [0.05, 0.1) is 12.6 Å². The zero-order valence-electron chi connectivity index (χ0n) is 8.43. The quantitative estimate of drug-likeness (QED) is 0.660. The number of carbonyl (C=O) groups excluding carboxylic acids is 2. The van der Waals surface area contributed by atoms with Gasteiger partial charge in [0.2, 0.25) is 0 Å². The van der Waals surface area contributed by atoms with Crippen molar-refractivity contribution in [2.45, 2.75) is 26.3 Å². The molecule has 0 saturated heterocycles. The van der Waals surface area contributed by atoms with Gasteiger partial charge in [0.15, 0.2) is 0 Å². The van der Waals surface area contributed by atoms with Crippen LogP contribution in [0.3, 0.4) is 0 Å². The molecule has 1 aliphatic rings. The van der Waals surface area contributed by atoms with Crippen molar-refractivity contribution in [2.24, 2.45) is 5.92 Å². The number of hydrogen-bond donors (Lipinski definition) is 1. The van der Waals surface area contributed by atoms with Crippen LogP contribution >= 0.6 is 0 Å². The lowest BCUT2D eigenvalue weighted by Gasteiger charge is -2.28. The number of hydrogen-bond acceptors (Lipinski definition) is 3. The molecule has 0 aromatic heterocycles. The molecule has 2 amide bonds. The second kappa shape index (κ2) is 4.37. The molecule has 14 heavy (non-hydrogen) atoms. The molecule has 0 radical (unpaired) electrons. The van der Waals surface area contributed by atoms with Gasteiger partial charge in [-0.05, 0) is 5.92 Å². The number of nitrogens with zero attached hydrogens (tertiary/aromatic N) is 1. The van der Waals surface area contributed by atoms with Crippen LogP contribution in [0, 0.1) is 5.92 Å². The molecule has 78 valence electrons. The number of aliphatic hydroxyl groups is 1. The van der Waals surface area contributed by atoms with E-state index in [-0.39, 0.29) is 24.3 Å². The van der Waals surface area contributed by atoms with Crippen molar-refractivity contribution in [1.29, 1.82) is 0 Å². The molecule has 1 rings (SSSR count). The minimum Gasteiger partial charge on any atom is -0.394 e. The first-order valence-corrected chi connectivity index (χ1v) is 4.77. The summed E-state index contributed by atoms with van der Waals surface area (Å²) in [6.45, 7) is 3.71. The van der Waals surface area contributed by atoms with Crippen molar-refractivity contribution < 1.29 is 14.7 Å². The largest absolute Gasteiger partial charge is 0.394 e. The highest BCUT2D eigenvalue weighted by molar-refractivity contribution is 6.13. The van der Waals surface area contributed by atoms with Crippen LogP contribution in [0.1, 0.15) is 20.3 Å². The standard InChI is InChI=1S/C10H15NO3/c1-3-7(2)8(6-12)11-9(13)4-5-10(11)14/h4-5,7-8,12H,3,6H2,1-2H3. The molecule has 0 spiro atoms. The third-order valence-corrected chi connectivity index (χ3v) is 2.66. The Hall–Kier alpha value is -1.16. The maximum absolute atomic E-state index is 11.3. The van der Waals surface area contributed by atoms with Crippen LogP contribution in [-0.4, -0.2) is 34.5 Å². The average Bonchev–Trinajstić information content (AvgIpc) is 2.50. The van der Waals surface area contributed by atoms with Crippen LogP contribution in [0.4, 0.5) is 0 Å². The lowest BCUT2D eigenvalue weighted by molar-refractivity contribution is -0.141. The second-order valence-corrected chi connectivity index (χ2v) is 3.52. The molecule has 0 fully saturated rings. The van der Waals surface area contributed by atoms with Gasteiger partial charge in [-0.3, -0.25) is 14.5 Å². The van der Waals surface area contributed by atoms with Gasteiger partial charge >= 0.3 is 0 Å². The molecule has 0 aromatic carbocycles. The summed E-state index contributed by atoms with van der Waals surface area (Å²) in [5, 5.41) is 9.15. The zero-order chi connectivity index (χ0) is 10.7. The fraction of sp³-hybridized carbons (Fsp3) is 0.600. The number of rotatable bonds is 4. The highest BCUT2D eigenvalue weighted by Gasteiger charge is 2.33. The molecule has 4 nitrogen and oxygen atoms in total. The van der Waals surface area contributed by atoms with Crippen LogP contribution in [0.25, 0.3) is 0 Å². The monoisotopic (exact) mass is 197 g/mol. The SMILES string of the molecule is CCC(C)C(CO)N1C(=O)C=CC1=O. The second-order valence-electron chi connectivity index (χ2n) is 3.52. The molecule has 1 aliphatic heterocycles. The van der Waals surface area contributed by atoms with Crippen LogP contribution < -0.4 is 0 Å². The fourth-order valence-electron chi connectivity index (χ4n) is 1.53. The predicted molar refractivity (Wildman–Crippen MR) is 51.3 cm³/mol. The van der Waals surface area contributed by atoms with Crippen molar-refractivity contribution in [1.82, 2.24) is 4.90 Å². The Kier molecular flexibility index (Phi) is 3.41. The van der Waals surface area contributed by atoms with Gasteiger partial charge < -0.3 is 5.11 Å². The smallest absolute Gasteiger partial charge is 0.253 e. The van der Waals surface area contributed by atoms with Gasteiger partial charge in [-0.1, -0.05) is 20.3 Å². The minimum atomic E-state index is -0.394. The predicted octanol–water partition coefficient (Wildman–Crippen LogP) is 0.318. The summed E-state index contributed by atoms with van der Waals surface area (Å²) in [6, 6.07) is -0.394. The molecule has 4 heteroatoms. The molecule has 0 bridgehead atoms. The van der Waals surface area contributed by atoms with Crippen molar-refractivity contribution >= 4 is 11.8 Å². The van der Waals surface area contributed by atoms with Gasteiger partial charge in [-0.15, -0.1) is 0 Å². The van der Waals surface area contributed by atoms with Gasteiger partial charge in [-0.2, -0.15) is 0 Å². The van der Waals surface area contributed by atoms with Crippen LogP contribution in [0.5, 0.6) is 0 Å². The molecule has 1 heterocycles. The topological polar surface area (TPSA) is 57.6 Å². The van der Waals surface area contributed by atoms with E-state index in [9.17, 15) is 9.59 Å². The number of aliphatic hydroxyl groups excluding tert-OH is 1. The molecular formula is C10H15NO3. The number of carbonyl (C=O) groups is 2. The van der Waals surface area contributed by atoms with Crippen molar-refractivity contribution in [3.05, 3.63) is 12.2 Å². The van der Waals surface area contributed by atoms with Crippen molar-refractivity contribution in [2.75, 3.05) is 6.61 Å². The van der Waals surface area contributed by atoms with Gasteiger partial charge in [0.25, 0.3) is 11.8 Å². The highest BCUT2D eigenvalue weighted by Crippen LogP contribution is 2.18. The van der Waals surface area contributed by atoms with E-state index in [2.05, 4.69) is 0 Å². The Morgan fingerprint density at radius 1 is 1.36 bits per heavy atom. The number of amides is 2. The Morgan fingerprint density at radius 3 is 2.21 bits per heavy atom. The van der Waals surface area contributed by atoms with E-state index in [0.717, 1.165) is 11.3 Å². The Bertz CT molecular complexity index is 255. The summed E-state index contributed by atoms with van der Waals surface area (Å²) in [7, 11) is 0. The molecular weight excluding hydrogens is 182 g/mol. The van der Waals surface area contributed by atoms with Gasteiger partial charge in [0.1, 0.15) is 0 Å². The molecule has 0 aliphatic carbocycles. The van der Waals surface area contributed by atoms with E-state index in [1.165, 1.54) is 12.2 Å². The normalized spacial score (nSPS) is 20.4. The summed E-state index contributed by atoms with van der Waals surface area (Å²) in [4.78, 5) is 23.8. The highest BCUT2D eigenvalue weighted by atomic mass is 16.3. The average molecular weight is 197 g/mol. The molecule has 2 unspecified atom stereocenters. The van der Waals surface area contributed by atoms with Gasteiger partial charge in [-0.25, -0.2) is 0 Å². The van der Waals surface area contributed by atoms with E-state index in [1.807, 2.05) is 13.8 Å². The first-order chi connectivity index (χ1) is 6.61. The van der Waals surface area contributed by atoms with E-state index in [1.54, 1.807) is 0 Å². The third kappa shape index (κ3) is 1.85. The van der Waals surface area contributed by atoms with Crippen molar-refractivity contribution in [3.8, 4) is 0 Å². The van der Waals surface area contributed by atoms with Crippen molar-refractivity contribution in [3.63, 3.8) is 0 Å². The maximum atomic E-state index is 11.3. The summed E-state index contributed by atoms with van der Waals surface area (Å²) in [5.74, 6) is -0.531. The van der Waals surface area contributed by atoms with E-state index < -0.39 is 6.04 Å². The summed E-state index contributed by atoms with van der Waals surface area (Å²) in [6.07, 6.45) is 3.31. The van der Waals surface area contributed by atoms with Gasteiger partial charge in [0, 0.05) is 12.2 Å². The summed E-state index contributed by atoms with van der Waals surface area (Å²) < 4.78 is 0. The maximum Gasteiger partial charge on any atom is 0.253 e. The Balaban J connectivity index is 2.79. The molecule has 0 aromatic rings. The molecule has 0 saturated carbocycles. The fourth-order valence-corrected chi connectivity index (χ4v) is 1.53. The van der Waals surface area contributed by atoms with Crippen LogP contribution in [0.2, 0.25) is 0 Å². The summed E-state index contributed by atoms with van der Waals surface area (Å²) >= 11 is 0. The zero-order valence-corrected chi connectivity index (χ0v) is 8.43. The Labute approximate surface area is 83.2 Å². The lowest BCUT2D eigenvalue weighted by atomic mass is 9.98. The summed E-state index contributed by atoms with van der Waals surface area (Å²) in [5.41, 5.74) is 0. The lowest BCUT2D eigenvalue weighted by Crippen LogP contribution is -2.45. The third-order valence-electron chi connectivity index (χ3n) is 2.66. The Morgan fingerprint density at radius 2 is 1.86 bits per heavy atom. The van der Waals surface area contributed by atoms with Crippen LogP contribution in [-0.2, 0) is 9.59 Å². The van der Waals surface area contributed by atoms with E-state index in [0.29, 0.717) is 0 Å². The first kappa shape index (κ1) is 10.9. The molecule has 1 N–H and O–H groups in total. The molecule has 2 atom stereocenters.